The summed E-state index contributed by atoms with van der Waals surface area (Å²) in [5, 5.41) is 24.5. The van der Waals surface area contributed by atoms with Crippen LogP contribution >= 0.6 is 0 Å². The SMILES string of the molecule is Oc1ccc(N=Nc2cn[nH]c2-c2ccccc2)cc1. The van der Waals surface area contributed by atoms with Gasteiger partial charge in [-0.05, 0) is 24.3 Å². The number of aromatic hydroxyl groups is 1. The van der Waals surface area contributed by atoms with Crippen molar-refractivity contribution in [2.75, 3.05) is 0 Å². The van der Waals surface area contributed by atoms with Crippen LogP contribution in [0, 0.1) is 0 Å². The molecule has 3 aromatic rings. The normalized spacial score (nSPS) is 11.0. The smallest absolute Gasteiger partial charge is 0.131 e. The molecule has 0 radical (unpaired) electrons. The van der Waals surface area contributed by atoms with Gasteiger partial charge in [-0.25, -0.2) is 0 Å². The van der Waals surface area contributed by atoms with E-state index in [1.165, 1.54) is 0 Å². The van der Waals surface area contributed by atoms with Crippen molar-refractivity contribution in [3.8, 4) is 17.0 Å². The zero-order chi connectivity index (χ0) is 13.8. The summed E-state index contributed by atoms with van der Waals surface area (Å²) in [5.74, 6) is 0.206. The number of azo groups is 1. The lowest BCUT2D eigenvalue weighted by Gasteiger charge is -1.98. The van der Waals surface area contributed by atoms with Crippen LogP contribution in [0.15, 0.2) is 71.0 Å². The Hall–Kier alpha value is -2.95. The number of nitrogens with zero attached hydrogens (tertiary/aromatic N) is 3. The van der Waals surface area contributed by atoms with Crippen LogP contribution in [-0.4, -0.2) is 15.3 Å². The van der Waals surface area contributed by atoms with Crippen molar-refractivity contribution in [1.82, 2.24) is 10.2 Å². The molecular weight excluding hydrogens is 252 g/mol. The second-order valence-corrected chi connectivity index (χ2v) is 4.21. The predicted octanol–water partition coefficient (Wildman–Crippen LogP) is 4.20. The van der Waals surface area contributed by atoms with Crippen molar-refractivity contribution in [3.63, 3.8) is 0 Å². The van der Waals surface area contributed by atoms with Crippen molar-refractivity contribution in [3.05, 3.63) is 60.8 Å². The van der Waals surface area contributed by atoms with Gasteiger partial charge in [0.15, 0.2) is 0 Å². The number of H-pyrrole nitrogens is 1. The number of hydrogen-bond donors (Lipinski definition) is 2. The summed E-state index contributed by atoms with van der Waals surface area (Å²) in [7, 11) is 0. The second-order valence-electron chi connectivity index (χ2n) is 4.21. The largest absolute Gasteiger partial charge is 0.508 e. The quantitative estimate of drug-likeness (QED) is 0.696. The molecule has 0 aliphatic carbocycles. The van der Waals surface area contributed by atoms with E-state index in [2.05, 4.69) is 20.4 Å². The van der Waals surface area contributed by atoms with E-state index in [9.17, 15) is 5.11 Å². The van der Waals surface area contributed by atoms with E-state index in [1.807, 2.05) is 30.3 Å². The van der Waals surface area contributed by atoms with Crippen molar-refractivity contribution < 1.29 is 5.11 Å². The van der Waals surface area contributed by atoms with Crippen molar-refractivity contribution in [2.45, 2.75) is 0 Å². The van der Waals surface area contributed by atoms with Crippen LogP contribution in [0.5, 0.6) is 5.75 Å². The Balaban J connectivity index is 1.89. The molecule has 2 N–H and O–H groups in total. The Kier molecular flexibility index (Phi) is 3.24. The topological polar surface area (TPSA) is 73.6 Å². The number of nitrogens with one attached hydrogen (secondary N) is 1. The molecule has 20 heavy (non-hydrogen) atoms. The highest BCUT2D eigenvalue weighted by Crippen LogP contribution is 2.29. The van der Waals surface area contributed by atoms with E-state index in [1.54, 1.807) is 30.5 Å². The third kappa shape index (κ3) is 2.56. The van der Waals surface area contributed by atoms with Gasteiger partial charge in [0.05, 0.1) is 17.6 Å². The molecule has 2 aromatic carbocycles. The Labute approximate surface area is 115 Å². The van der Waals surface area contributed by atoms with Crippen molar-refractivity contribution >= 4 is 11.4 Å². The van der Waals surface area contributed by atoms with Crippen LogP contribution in [0.25, 0.3) is 11.3 Å². The predicted molar refractivity (Wildman–Crippen MR) is 76.3 cm³/mol. The second kappa shape index (κ2) is 5.36. The molecule has 0 saturated heterocycles. The van der Waals surface area contributed by atoms with E-state index in [0.717, 1.165) is 11.3 Å². The molecular formula is C15H12N4O. The fourth-order valence-corrected chi connectivity index (χ4v) is 1.80. The Morgan fingerprint density at radius 2 is 1.65 bits per heavy atom. The first kappa shape index (κ1) is 12.1. The summed E-state index contributed by atoms with van der Waals surface area (Å²) in [6.07, 6.45) is 1.63. The van der Waals surface area contributed by atoms with Crippen LogP contribution in [0.1, 0.15) is 0 Å². The van der Waals surface area contributed by atoms with Gasteiger partial charge in [0, 0.05) is 5.56 Å². The number of hydrogen-bond acceptors (Lipinski definition) is 4. The first-order valence-corrected chi connectivity index (χ1v) is 6.12. The van der Waals surface area contributed by atoms with Crippen molar-refractivity contribution in [2.24, 2.45) is 10.2 Å². The first-order chi connectivity index (χ1) is 9.83. The minimum atomic E-state index is 0.206. The van der Waals surface area contributed by atoms with Gasteiger partial charge in [0.2, 0.25) is 0 Å². The maximum absolute atomic E-state index is 9.21. The Bertz CT molecular complexity index is 717. The first-order valence-electron chi connectivity index (χ1n) is 6.12. The third-order valence-corrected chi connectivity index (χ3v) is 2.80. The third-order valence-electron chi connectivity index (χ3n) is 2.80. The van der Waals surface area contributed by atoms with Crippen LogP contribution in [0.2, 0.25) is 0 Å². The summed E-state index contributed by atoms with van der Waals surface area (Å²) >= 11 is 0. The molecule has 0 bridgehead atoms. The molecule has 3 rings (SSSR count). The molecule has 0 amide bonds. The van der Waals surface area contributed by atoms with E-state index in [0.29, 0.717) is 11.4 Å². The van der Waals surface area contributed by atoms with E-state index in [-0.39, 0.29) is 5.75 Å². The van der Waals surface area contributed by atoms with Gasteiger partial charge in [-0.1, -0.05) is 30.3 Å². The summed E-state index contributed by atoms with van der Waals surface area (Å²) in [6, 6.07) is 16.4. The van der Waals surface area contributed by atoms with Gasteiger partial charge in [-0.2, -0.15) is 10.2 Å². The molecule has 0 spiro atoms. The highest BCUT2D eigenvalue weighted by Gasteiger charge is 2.06. The van der Waals surface area contributed by atoms with Gasteiger partial charge in [-0.15, -0.1) is 5.11 Å². The molecule has 5 nitrogen and oxygen atoms in total. The zero-order valence-electron chi connectivity index (χ0n) is 10.6. The highest BCUT2D eigenvalue weighted by atomic mass is 16.3. The average molecular weight is 264 g/mol. The minimum absolute atomic E-state index is 0.206. The number of rotatable bonds is 3. The van der Waals surface area contributed by atoms with Gasteiger partial charge in [0.25, 0.3) is 0 Å². The van der Waals surface area contributed by atoms with Crippen LogP contribution in [0.4, 0.5) is 11.4 Å². The molecule has 98 valence electrons. The molecule has 0 saturated carbocycles. The Morgan fingerprint density at radius 1 is 0.900 bits per heavy atom. The number of aromatic nitrogens is 2. The fraction of sp³-hybridized carbons (Fsp3) is 0. The maximum atomic E-state index is 9.21. The highest BCUT2D eigenvalue weighted by molar-refractivity contribution is 5.71. The van der Waals surface area contributed by atoms with Crippen LogP contribution in [-0.2, 0) is 0 Å². The van der Waals surface area contributed by atoms with E-state index < -0.39 is 0 Å². The molecule has 5 heteroatoms. The molecule has 0 atom stereocenters. The van der Waals surface area contributed by atoms with Gasteiger partial charge in [0.1, 0.15) is 11.4 Å². The Morgan fingerprint density at radius 3 is 2.40 bits per heavy atom. The van der Waals surface area contributed by atoms with E-state index in [4.69, 9.17) is 0 Å². The molecule has 0 aliphatic heterocycles. The summed E-state index contributed by atoms with van der Waals surface area (Å²) in [4.78, 5) is 0. The molecule has 1 aromatic heterocycles. The number of aromatic amines is 1. The van der Waals surface area contributed by atoms with Gasteiger partial charge < -0.3 is 5.11 Å². The monoisotopic (exact) mass is 264 g/mol. The van der Waals surface area contributed by atoms with Gasteiger partial charge in [-0.3, -0.25) is 5.10 Å². The van der Waals surface area contributed by atoms with Crippen LogP contribution < -0.4 is 0 Å². The molecule has 0 unspecified atom stereocenters. The van der Waals surface area contributed by atoms with Crippen LogP contribution in [0.3, 0.4) is 0 Å². The average Bonchev–Trinajstić information content (AvgIpc) is 2.96. The summed E-state index contributed by atoms with van der Waals surface area (Å²) in [5.41, 5.74) is 3.17. The van der Waals surface area contributed by atoms with Crippen molar-refractivity contribution in [1.29, 1.82) is 0 Å². The minimum Gasteiger partial charge on any atom is -0.508 e. The lowest BCUT2D eigenvalue weighted by Crippen LogP contribution is -1.77. The molecule has 0 aliphatic rings. The maximum Gasteiger partial charge on any atom is 0.131 e. The lowest BCUT2D eigenvalue weighted by atomic mass is 10.1. The molecule has 0 fully saturated rings. The summed E-state index contributed by atoms with van der Waals surface area (Å²) in [6.45, 7) is 0. The van der Waals surface area contributed by atoms with Gasteiger partial charge >= 0.3 is 0 Å². The number of phenols is 1. The number of phenolic OH excluding ortho intramolecular Hbond substituents is 1. The summed E-state index contributed by atoms with van der Waals surface area (Å²) < 4.78 is 0. The standard InChI is InChI=1S/C15H12N4O/c20-13-8-6-12(7-9-13)17-18-14-10-16-19-15(14)11-4-2-1-3-5-11/h1-10,20H,(H,16,19). The number of benzene rings is 2. The molecule has 1 heterocycles. The lowest BCUT2D eigenvalue weighted by molar-refractivity contribution is 0.475. The fourth-order valence-electron chi connectivity index (χ4n) is 1.80. The van der Waals surface area contributed by atoms with E-state index >= 15 is 0 Å². The zero-order valence-corrected chi connectivity index (χ0v) is 10.6.